The molecule has 0 bridgehead atoms. The van der Waals surface area contributed by atoms with E-state index in [0.717, 1.165) is 16.8 Å². The molecule has 0 saturated heterocycles. The van der Waals surface area contributed by atoms with Crippen LogP contribution in [0.25, 0.3) is 0 Å². The number of hydrogen-bond acceptors (Lipinski definition) is 4. The Labute approximate surface area is 188 Å². The van der Waals surface area contributed by atoms with Crippen molar-refractivity contribution >= 4 is 28.9 Å². The lowest BCUT2D eigenvalue weighted by Crippen LogP contribution is -2.20. The minimum Gasteiger partial charge on any atom is -0.493 e. The lowest BCUT2D eigenvalue weighted by Gasteiger charge is -2.14. The van der Waals surface area contributed by atoms with Crippen LogP contribution in [0.3, 0.4) is 0 Å². The summed E-state index contributed by atoms with van der Waals surface area (Å²) in [4.78, 5) is 12.2. The molecule has 5 nitrogen and oxygen atoms in total. The highest BCUT2D eigenvalue weighted by molar-refractivity contribution is 6.31. The molecule has 0 saturated carbocycles. The van der Waals surface area contributed by atoms with Gasteiger partial charge in [-0.2, -0.15) is 0 Å². The van der Waals surface area contributed by atoms with Crippen molar-refractivity contribution in [3.05, 3.63) is 81.9 Å². The van der Waals surface area contributed by atoms with Gasteiger partial charge >= 0.3 is 0 Å². The van der Waals surface area contributed by atoms with Gasteiger partial charge in [0.15, 0.2) is 18.1 Å². The van der Waals surface area contributed by atoms with Crippen LogP contribution in [0.1, 0.15) is 22.3 Å². The summed E-state index contributed by atoms with van der Waals surface area (Å²) in [6.07, 6.45) is 0. The van der Waals surface area contributed by atoms with Crippen LogP contribution < -0.4 is 20.1 Å². The summed E-state index contributed by atoms with van der Waals surface area (Å²) in [5.41, 5.74) is 6.20. The minimum atomic E-state index is -0.276. The third-order valence-electron chi connectivity index (χ3n) is 5.05. The van der Waals surface area contributed by atoms with Gasteiger partial charge in [0.1, 0.15) is 0 Å². The van der Waals surface area contributed by atoms with Crippen molar-refractivity contribution in [3.8, 4) is 11.5 Å². The second-order valence-electron chi connectivity index (χ2n) is 7.44. The molecule has 3 rings (SSSR count). The first-order valence-corrected chi connectivity index (χ1v) is 10.4. The Morgan fingerprint density at radius 1 is 0.871 bits per heavy atom. The number of halogens is 1. The van der Waals surface area contributed by atoms with Crippen LogP contribution in [-0.4, -0.2) is 19.6 Å². The van der Waals surface area contributed by atoms with Crippen molar-refractivity contribution in [3.63, 3.8) is 0 Å². The predicted molar refractivity (Wildman–Crippen MR) is 127 cm³/mol. The fraction of sp³-hybridized carbons (Fsp3) is 0.240. The zero-order valence-corrected chi connectivity index (χ0v) is 19.0. The zero-order chi connectivity index (χ0) is 22.4. The van der Waals surface area contributed by atoms with Crippen molar-refractivity contribution in [1.29, 1.82) is 0 Å². The first-order valence-electron chi connectivity index (χ1n) is 10.0. The molecule has 0 aliphatic heterocycles. The lowest BCUT2D eigenvalue weighted by molar-refractivity contribution is -0.118. The van der Waals surface area contributed by atoms with Crippen LogP contribution in [0.4, 0.5) is 11.4 Å². The molecule has 31 heavy (non-hydrogen) atoms. The smallest absolute Gasteiger partial charge is 0.262 e. The van der Waals surface area contributed by atoms with Crippen LogP contribution in [0.15, 0.2) is 54.6 Å². The monoisotopic (exact) mass is 438 g/mol. The van der Waals surface area contributed by atoms with Crippen LogP contribution >= 0.6 is 11.6 Å². The maximum absolute atomic E-state index is 12.2. The Morgan fingerprint density at radius 3 is 2.32 bits per heavy atom. The first-order chi connectivity index (χ1) is 14.9. The molecule has 0 aliphatic carbocycles. The van der Waals surface area contributed by atoms with E-state index in [1.54, 1.807) is 19.2 Å². The molecule has 0 fully saturated rings. The normalized spacial score (nSPS) is 10.5. The van der Waals surface area contributed by atoms with E-state index in [2.05, 4.69) is 42.7 Å². The second kappa shape index (κ2) is 10.2. The molecular weight excluding hydrogens is 412 g/mol. The van der Waals surface area contributed by atoms with E-state index in [1.807, 2.05) is 31.2 Å². The van der Waals surface area contributed by atoms with Crippen LogP contribution in [0.2, 0.25) is 5.02 Å². The van der Waals surface area contributed by atoms with Gasteiger partial charge in [-0.15, -0.1) is 0 Å². The van der Waals surface area contributed by atoms with Crippen LogP contribution in [0, 0.1) is 20.8 Å². The number of carbonyl (C=O) groups is 1. The zero-order valence-electron chi connectivity index (χ0n) is 18.2. The Kier molecular flexibility index (Phi) is 7.42. The summed E-state index contributed by atoms with van der Waals surface area (Å²) in [5, 5.41) is 6.79. The number of carbonyl (C=O) groups excluding carboxylic acids is 1. The van der Waals surface area contributed by atoms with E-state index < -0.39 is 0 Å². The molecule has 0 aromatic heterocycles. The molecule has 3 aromatic carbocycles. The molecule has 162 valence electrons. The quantitative estimate of drug-likeness (QED) is 0.459. The molecule has 6 heteroatoms. The van der Waals surface area contributed by atoms with E-state index in [0.29, 0.717) is 28.8 Å². The van der Waals surface area contributed by atoms with Crippen LogP contribution in [-0.2, 0) is 11.3 Å². The molecule has 0 heterocycles. The van der Waals surface area contributed by atoms with Crippen molar-refractivity contribution in [2.24, 2.45) is 0 Å². The minimum absolute atomic E-state index is 0.137. The number of anilines is 2. The molecule has 0 atom stereocenters. The SMILES string of the molecule is COc1cc(CNc2ccc(C)c(C)c2)ccc1OCC(=O)Nc1ccc(C)c(Cl)c1. The summed E-state index contributed by atoms with van der Waals surface area (Å²) >= 11 is 6.10. The average molecular weight is 439 g/mol. The summed E-state index contributed by atoms with van der Waals surface area (Å²) in [7, 11) is 1.58. The summed E-state index contributed by atoms with van der Waals surface area (Å²) < 4.78 is 11.1. The highest BCUT2D eigenvalue weighted by atomic mass is 35.5. The lowest BCUT2D eigenvalue weighted by atomic mass is 10.1. The van der Waals surface area contributed by atoms with Gasteiger partial charge in [0.05, 0.1) is 7.11 Å². The Hall–Kier alpha value is -3.18. The molecule has 1 amide bonds. The number of amides is 1. The summed E-state index contributed by atoms with van der Waals surface area (Å²) in [6, 6.07) is 17.3. The number of benzene rings is 3. The van der Waals surface area contributed by atoms with E-state index >= 15 is 0 Å². The number of nitrogens with one attached hydrogen (secondary N) is 2. The van der Waals surface area contributed by atoms with Gasteiger partial charge in [-0.1, -0.05) is 29.8 Å². The third kappa shape index (κ3) is 6.15. The number of rotatable bonds is 8. The molecule has 3 aromatic rings. The topological polar surface area (TPSA) is 59.6 Å². The summed E-state index contributed by atoms with van der Waals surface area (Å²) in [6.45, 7) is 6.61. The van der Waals surface area contributed by atoms with Gasteiger partial charge in [-0.05, 0) is 79.4 Å². The molecular formula is C25H27ClN2O3. The van der Waals surface area contributed by atoms with Crippen molar-refractivity contribution in [2.45, 2.75) is 27.3 Å². The van der Waals surface area contributed by atoms with E-state index in [4.69, 9.17) is 21.1 Å². The van der Waals surface area contributed by atoms with Gasteiger partial charge in [-0.3, -0.25) is 4.79 Å². The van der Waals surface area contributed by atoms with E-state index in [1.165, 1.54) is 11.1 Å². The first kappa shape index (κ1) is 22.5. The van der Waals surface area contributed by atoms with E-state index in [9.17, 15) is 4.79 Å². The third-order valence-corrected chi connectivity index (χ3v) is 5.45. The highest BCUT2D eigenvalue weighted by Crippen LogP contribution is 2.29. The number of ether oxygens (including phenoxy) is 2. The Morgan fingerprint density at radius 2 is 1.61 bits per heavy atom. The highest BCUT2D eigenvalue weighted by Gasteiger charge is 2.10. The van der Waals surface area contributed by atoms with Gasteiger partial charge in [0, 0.05) is 22.9 Å². The Bertz CT molecular complexity index is 1080. The fourth-order valence-electron chi connectivity index (χ4n) is 3.01. The van der Waals surface area contributed by atoms with Gasteiger partial charge < -0.3 is 20.1 Å². The second-order valence-corrected chi connectivity index (χ2v) is 7.85. The molecule has 0 spiro atoms. The summed E-state index contributed by atoms with van der Waals surface area (Å²) in [5.74, 6) is 0.808. The van der Waals surface area contributed by atoms with Gasteiger partial charge in [-0.25, -0.2) is 0 Å². The van der Waals surface area contributed by atoms with Gasteiger partial charge in [0.2, 0.25) is 0 Å². The molecule has 2 N–H and O–H groups in total. The Balaban J connectivity index is 1.58. The van der Waals surface area contributed by atoms with Crippen molar-refractivity contribution in [1.82, 2.24) is 0 Å². The molecule has 0 aliphatic rings. The largest absolute Gasteiger partial charge is 0.493 e. The molecule has 0 unspecified atom stereocenters. The average Bonchev–Trinajstić information content (AvgIpc) is 2.76. The van der Waals surface area contributed by atoms with Gasteiger partial charge in [0.25, 0.3) is 5.91 Å². The fourth-order valence-corrected chi connectivity index (χ4v) is 3.19. The maximum Gasteiger partial charge on any atom is 0.262 e. The van der Waals surface area contributed by atoms with Crippen molar-refractivity contribution in [2.75, 3.05) is 24.4 Å². The van der Waals surface area contributed by atoms with Crippen LogP contribution in [0.5, 0.6) is 11.5 Å². The number of methoxy groups -OCH3 is 1. The molecule has 0 radical (unpaired) electrons. The number of aryl methyl sites for hydroxylation is 3. The maximum atomic E-state index is 12.2. The van der Waals surface area contributed by atoms with Crippen molar-refractivity contribution < 1.29 is 14.3 Å². The predicted octanol–water partition coefficient (Wildman–Crippen LogP) is 5.90. The standard InChI is InChI=1S/C25H27ClN2O3/c1-16-5-8-20(11-18(16)3)27-14-19-7-10-23(24(12-19)30-4)31-15-25(29)28-21-9-6-17(2)22(26)13-21/h5-13,27H,14-15H2,1-4H3,(H,28,29). The number of hydrogen-bond donors (Lipinski definition) is 2. The van der Waals surface area contributed by atoms with E-state index in [-0.39, 0.29) is 12.5 Å².